The minimum atomic E-state index is -0.694. The van der Waals surface area contributed by atoms with Crippen LogP contribution >= 0.6 is 0 Å². The number of hydrogen-bond acceptors (Lipinski definition) is 6. The van der Waals surface area contributed by atoms with E-state index in [4.69, 9.17) is 14.5 Å². The van der Waals surface area contributed by atoms with Gasteiger partial charge in [-0.05, 0) is 62.7 Å². The zero-order valence-electron chi connectivity index (χ0n) is 22.2. The molecule has 0 aliphatic carbocycles. The second-order valence-electron chi connectivity index (χ2n) is 9.16. The van der Waals surface area contributed by atoms with Crippen LogP contribution in [-0.2, 0) is 4.74 Å². The zero-order valence-corrected chi connectivity index (χ0v) is 22.2. The fourth-order valence-electron chi connectivity index (χ4n) is 4.70. The number of fused-ring (bicyclic) bond motifs is 3. The van der Waals surface area contributed by atoms with Crippen LogP contribution in [0.5, 0.6) is 5.75 Å². The number of carbonyl (C=O) groups excluding carboxylic acids is 2. The summed E-state index contributed by atoms with van der Waals surface area (Å²) in [5, 5.41) is 1.73. The maximum atomic E-state index is 13.9. The van der Waals surface area contributed by atoms with Gasteiger partial charge in [0, 0.05) is 12.2 Å². The molecule has 9 nitrogen and oxygen atoms in total. The van der Waals surface area contributed by atoms with E-state index >= 15 is 0 Å². The van der Waals surface area contributed by atoms with Crippen LogP contribution in [0.3, 0.4) is 0 Å². The SMILES string of the molecule is CCOC(=O)c1cc2c(=O)n3ccccc3nc2n(C(C)C)c1=NC(=O)c1c(OCC)ccc2ccccc12. The number of ether oxygens (including phenoxy) is 2. The van der Waals surface area contributed by atoms with E-state index in [0.717, 1.165) is 5.39 Å². The highest BCUT2D eigenvalue weighted by Gasteiger charge is 2.23. The highest BCUT2D eigenvalue weighted by atomic mass is 16.5. The number of carbonyl (C=O) groups is 2. The van der Waals surface area contributed by atoms with E-state index in [1.807, 2.05) is 51.1 Å². The molecule has 5 rings (SSSR count). The summed E-state index contributed by atoms with van der Waals surface area (Å²) in [6.45, 7) is 7.73. The van der Waals surface area contributed by atoms with Crippen LogP contribution in [0.1, 0.15) is 54.5 Å². The fourth-order valence-corrected chi connectivity index (χ4v) is 4.70. The second-order valence-corrected chi connectivity index (χ2v) is 9.16. The van der Waals surface area contributed by atoms with E-state index in [1.165, 1.54) is 10.5 Å². The van der Waals surface area contributed by atoms with Gasteiger partial charge < -0.3 is 14.0 Å². The van der Waals surface area contributed by atoms with Crippen LogP contribution in [0, 0.1) is 0 Å². The van der Waals surface area contributed by atoms with Crippen molar-refractivity contribution in [1.29, 1.82) is 0 Å². The maximum absolute atomic E-state index is 13.9. The molecule has 2 aromatic carbocycles. The van der Waals surface area contributed by atoms with E-state index in [1.54, 1.807) is 42.0 Å². The minimum Gasteiger partial charge on any atom is -0.493 e. The van der Waals surface area contributed by atoms with Crippen molar-refractivity contribution < 1.29 is 19.1 Å². The number of rotatable bonds is 6. The van der Waals surface area contributed by atoms with Crippen molar-refractivity contribution >= 4 is 39.3 Å². The molecule has 0 saturated carbocycles. The fraction of sp³-hybridized carbons (Fsp3) is 0.233. The molecule has 0 fully saturated rings. The Kier molecular flexibility index (Phi) is 6.98. The molecule has 9 heteroatoms. The minimum absolute atomic E-state index is 0.000576. The molecule has 0 unspecified atom stereocenters. The molecule has 0 radical (unpaired) electrons. The van der Waals surface area contributed by atoms with E-state index in [-0.39, 0.29) is 40.2 Å². The van der Waals surface area contributed by atoms with Crippen molar-refractivity contribution in [3.8, 4) is 5.75 Å². The number of aromatic nitrogens is 3. The smallest absolute Gasteiger partial charge is 0.341 e. The number of benzene rings is 2. The Hall–Kier alpha value is -4.79. The number of hydrogen-bond donors (Lipinski definition) is 0. The molecule has 3 heterocycles. The first-order chi connectivity index (χ1) is 18.8. The largest absolute Gasteiger partial charge is 0.493 e. The van der Waals surface area contributed by atoms with Gasteiger partial charge in [0.25, 0.3) is 11.5 Å². The van der Waals surface area contributed by atoms with E-state index < -0.39 is 11.9 Å². The lowest BCUT2D eigenvalue weighted by molar-refractivity contribution is 0.0523. The summed E-state index contributed by atoms with van der Waals surface area (Å²) in [5.74, 6) is -0.894. The zero-order chi connectivity index (χ0) is 27.7. The van der Waals surface area contributed by atoms with Gasteiger partial charge in [-0.2, -0.15) is 4.99 Å². The Labute approximate surface area is 224 Å². The van der Waals surface area contributed by atoms with Crippen LogP contribution in [0.2, 0.25) is 0 Å². The van der Waals surface area contributed by atoms with Crippen molar-refractivity contribution in [2.24, 2.45) is 4.99 Å². The van der Waals surface area contributed by atoms with Gasteiger partial charge in [-0.15, -0.1) is 0 Å². The van der Waals surface area contributed by atoms with Gasteiger partial charge in [-0.25, -0.2) is 9.78 Å². The third-order valence-electron chi connectivity index (χ3n) is 6.36. The molecule has 0 spiro atoms. The Bertz CT molecular complexity index is 1880. The summed E-state index contributed by atoms with van der Waals surface area (Å²) in [6.07, 6.45) is 1.62. The number of pyridine rings is 2. The number of amides is 1. The van der Waals surface area contributed by atoms with E-state index in [2.05, 4.69) is 4.99 Å². The monoisotopic (exact) mass is 524 g/mol. The Morgan fingerprint density at radius 2 is 1.74 bits per heavy atom. The first kappa shape index (κ1) is 25.8. The number of nitrogens with zero attached hydrogens (tertiary/aromatic N) is 4. The predicted molar refractivity (Wildman–Crippen MR) is 148 cm³/mol. The number of esters is 1. The van der Waals surface area contributed by atoms with Crippen LogP contribution in [0.4, 0.5) is 0 Å². The molecule has 0 N–H and O–H groups in total. The van der Waals surface area contributed by atoms with Crippen molar-refractivity contribution in [2.45, 2.75) is 33.7 Å². The quantitative estimate of drug-likeness (QED) is 0.236. The molecule has 0 aliphatic rings. The molecular formula is C30H28N4O5. The summed E-state index contributed by atoms with van der Waals surface area (Å²) in [6, 6.07) is 17.4. The van der Waals surface area contributed by atoms with Crippen molar-refractivity contribution in [3.63, 3.8) is 0 Å². The predicted octanol–water partition coefficient (Wildman–Crippen LogP) is 4.70. The molecule has 198 valence electrons. The van der Waals surface area contributed by atoms with Gasteiger partial charge in [0.2, 0.25) is 0 Å². The molecule has 1 amide bonds. The Morgan fingerprint density at radius 3 is 2.49 bits per heavy atom. The second kappa shape index (κ2) is 10.5. The Balaban J connectivity index is 1.91. The van der Waals surface area contributed by atoms with Gasteiger partial charge in [-0.1, -0.05) is 36.4 Å². The molecule has 39 heavy (non-hydrogen) atoms. The first-order valence-corrected chi connectivity index (χ1v) is 12.8. The standard InChI is InChI=1S/C30H28N4O5/c1-5-38-23-15-14-19-11-7-8-12-20(19)25(23)28(35)32-27-22(30(37)39-6-2)17-21-26(34(27)18(3)4)31-24-13-9-10-16-33(24)29(21)36/h7-18H,5-6H2,1-4H3. The summed E-state index contributed by atoms with van der Waals surface area (Å²) < 4.78 is 14.2. The summed E-state index contributed by atoms with van der Waals surface area (Å²) >= 11 is 0. The molecule has 5 aromatic rings. The summed E-state index contributed by atoms with van der Waals surface area (Å²) in [5.41, 5.74) is 0.734. The third kappa shape index (κ3) is 4.56. The van der Waals surface area contributed by atoms with E-state index in [9.17, 15) is 14.4 Å². The average molecular weight is 525 g/mol. The van der Waals surface area contributed by atoms with Gasteiger partial charge in [0.1, 0.15) is 22.6 Å². The van der Waals surface area contributed by atoms with Crippen molar-refractivity contribution in [2.75, 3.05) is 13.2 Å². The van der Waals surface area contributed by atoms with Gasteiger partial charge in [0.15, 0.2) is 5.49 Å². The molecule has 0 bridgehead atoms. The summed E-state index contributed by atoms with van der Waals surface area (Å²) in [7, 11) is 0. The highest BCUT2D eigenvalue weighted by molar-refractivity contribution is 6.10. The molecule has 0 aliphatic heterocycles. The molecule has 3 aromatic heterocycles. The third-order valence-corrected chi connectivity index (χ3v) is 6.36. The first-order valence-electron chi connectivity index (χ1n) is 12.8. The lowest BCUT2D eigenvalue weighted by atomic mass is 10.0. The molecular weight excluding hydrogens is 496 g/mol. The lowest BCUT2D eigenvalue weighted by Gasteiger charge is -2.18. The van der Waals surface area contributed by atoms with Crippen LogP contribution in [0.25, 0.3) is 27.5 Å². The topological polar surface area (TPSA) is 104 Å². The summed E-state index contributed by atoms with van der Waals surface area (Å²) in [4.78, 5) is 49.8. The van der Waals surface area contributed by atoms with Crippen LogP contribution < -0.4 is 15.8 Å². The average Bonchev–Trinajstić information content (AvgIpc) is 2.92. The van der Waals surface area contributed by atoms with Crippen LogP contribution in [0.15, 0.2) is 76.6 Å². The maximum Gasteiger partial charge on any atom is 0.341 e. The Morgan fingerprint density at radius 1 is 0.974 bits per heavy atom. The highest BCUT2D eigenvalue weighted by Crippen LogP contribution is 2.29. The van der Waals surface area contributed by atoms with Gasteiger partial charge in [0.05, 0.1) is 24.2 Å². The van der Waals surface area contributed by atoms with Crippen LogP contribution in [-0.4, -0.2) is 39.0 Å². The van der Waals surface area contributed by atoms with E-state index in [0.29, 0.717) is 29.0 Å². The van der Waals surface area contributed by atoms with Crippen molar-refractivity contribution in [3.05, 3.63) is 93.8 Å². The normalized spacial score (nSPS) is 12.0. The molecule has 0 atom stereocenters. The molecule has 0 saturated heterocycles. The van der Waals surface area contributed by atoms with Crippen molar-refractivity contribution in [1.82, 2.24) is 14.0 Å². The van der Waals surface area contributed by atoms with Gasteiger partial charge in [-0.3, -0.25) is 14.0 Å². The van der Waals surface area contributed by atoms with Gasteiger partial charge >= 0.3 is 5.97 Å². The lowest BCUT2D eigenvalue weighted by Crippen LogP contribution is -2.33.